The fourth-order valence-corrected chi connectivity index (χ4v) is 3.03. The lowest BCUT2D eigenvalue weighted by Crippen LogP contribution is -2.23. The van der Waals surface area contributed by atoms with Crippen molar-refractivity contribution >= 4 is 33.2 Å². The Balaban J connectivity index is 2.30. The van der Waals surface area contributed by atoms with Crippen molar-refractivity contribution in [3.05, 3.63) is 22.2 Å². The molecule has 0 bridgehead atoms. The Morgan fingerprint density at radius 2 is 2.21 bits per heavy atom. The Morgan fingerprint density at radius 1 is 1.47 bits per heavy atom. The van der Waals surface area contributed by atoms with Gasteiger partial charge in [-0.15, -0.1) is 0 Å². The maximum Gasteiger partial charge on any atom is 0.246 e. The van der Waals surface area contributed by atoms with Crippen LogP contribution in [-0.4, -0.2) is 26.5 Å². The Bertz CT molecular complexity index is 490. The number of rotatable bonds is 5. The highest BCUT2D eigenvalue weighted by Crippen LogP contribution is 2.38. The van der Waals surface area contributed by atoms with Gasteiger partial charge in [0, 0.05) is 29.3 Å². The lowest BCUT2D eigenvalue weighted by atomic mass is 10.1. The molecule has 2 rings (SSSR count). The van der Waals surface area contributed by atoms with Crippen LogP contribution in [0.15, 0.2) is 16.6 Å². The van der Waals surface area contributed by atoms with Gasteiger partial charge >= 0.3 is 0 Å². The highest BCUT2D eigenvalue weighted by molar-refractivity contribution is 9.10. The van der Waals surface area contributed by atoms with Crippen LogP contribution in [0.2, 0.25) is 0 Å². The summed E-state index contributed by atoms with van der Waals surface area (Å²) in [7, 11) is 3.88. The molecule has 1 aliphatic heterocycles. The van der Waals surface area contributed by atoms with E-state index in [2.05, 4.69) is 45.4 Å². The molecule has 2 N–H and O–H groups in total. The first kappa shape index (κ1) is 14.3. The van der Waals surface area contributed by atoms with Gasteiger partial charge in [0.2, 0.25) is 5.91 Å². The predicted molar refractivity (Wildman–Crippen MR) is 82.8 cm³/mol. The molecule has 1 aliphatic rings. The Kier molecular flexibility index (Phi) is 4.47. The van der Waals surface area contributed by atoms with E-state index in [0.717, 1.165) is 34.4 Å². The predicted octanol–water partition coefficient (Wildman–Crippen LogP) is 2.90. The van der Waals surface area contributed by atoms with Crippen LogP contribution in [0, 0.1) is 0 Å². The number of amides is 1. The molecule has 1 aromatic carbocycles. The molecule has 0 saturated carbocycles. The van der Waals surface area contributed by atoms with E-state index in [4.69, 9.17) is 0 Å². The number of anilines is 2. The number of nitrogens with one attached hydrogen (secondary N) is 2. The van der Waals surface area contributed by atoms with Crippen LogP contribution in [0.5, 0.6) is 0 Å². The van der Waals surface area contributed by atoms with Crippen molar-refractivity contribution < 1.29 is 4.79 Å². The van der Waals surface area contributed by atoms with Gasteiger partial charge in [0.05, 0.1) is 5.69 Å². The smallest absolute Gasteiger partial charge is 0.246 e. The average molecular weight is 326 g/mol. The topological polar surface area (TPSA) is 44.4 Å². The van der Waals surface area contributed by atoms with E-state index in [9.17, 15) is 4.79 Å². The minimum absolute atomic E-state index is 0.0118. The molecule has 5 heteroatoms. The molecule has 0 radical (unpaired) electrons. The summed E-state index contributed by atoms with van der Waals surface area (Å²) in [5.74, 6) is 0.0118. The molecule has 1 aromatic rings. The zero-order chi connectivity index (χ0) is 14.0. The third-order valence-electron chi connectivity index (χ3n) is 3.50. The van der Waals surface area contributed by atoms with Gasteiger partial charge in [0.25, 0.3) is 0 Å². The van der Waals surface area contributed by atoms with Crippen molar-refractivity contribution in [2.45, 2.75) is 25.8 Å². The van der Waals surface area contributed by atoms with E-state index in [1.165, 1.54) is 6.42 Å². The van der Waals surface area contributed by atoms with Gasteiger partial charge in [-0.2, -0.15) is 0 Å². The van der Waals surface area contributed by atoms with Crippen LogP contribution in [0.25, 0.3) is 0 Å². The summed E-state index contributed by atoms with van der Waals surface area (Å²) in [6, 6.07) is 3.83. The molecule has 1 heterocycles. The van der Waals surface area contributed by atoms with Gasteiger partial charge in [-0.1, -0.05) is 13.3 Å². The molecular weight excluding hydrogens is 306 g/mol. The van der Waals surface area contributed by atoms with Crippen LogP contribution in [-0.2, 0) is 4.79 Å². The summed E-state index contributed by atoms with van der Waals surface area (Å²) >= 11 is 3.61. The van der Waals surface area contributed by atoms with Crippen molar-refractivity contribution in [3.8, 4) is 0 Å². The number of likely N-dealkylation sites (N-methyl/N-ethyl adjacent to an activating group) is 1. The first-order chi connectivity index (χ1) is 9.08. The summed E-state index contributed by atoms with van der Waals surface area (Å²) in [4.78, 5) is 14.0. The molecule has 0 aliphatic carbocycles. The first-order valence-electron chi connectivity index (χ1n) is 6.61. The van der Waals surface area contributed by atoms with E-state index in [1.54, 1.807) is 7.05 Å². The normalized spacial score (nSPS) is 17.3. The minimum atomic E-state index is -0.249. The van der Waals surface area contributed by atoms with Gasteiger partial charge in [-0.3, -0.25) is 4.79 Å². The maximum atomic E-state index is 11.8. The van der Waals surface area contributed by atoms with Crippen molar-refractivity contribution in [3.63, 3.8) is 0 Å². The van der Waals surface area contributed by atoms with E-state index >= 15 is 0 Å². The van der Waals surface area contributed by atoms with E-state index in [-0.39, 0.29) is 11.9 Å². The molecule has 1 atom stereocenters. The van der Waals surface area contributed by atoms with Crippen molar-refractivity contribution in [1.29, 1.82) is 0 Å². The number of nitrogens with zero attached hydrogens (tertiary/aromatic N) is 1. The summed E-state index contributed by atoms with van der Waals surface area (Å²) in [5.41, 5.74) is 3.03. The first-order valence-corrected chi connectivity index (χ1v) is 7.40. The second-order valence-electron chi connectivity index (χ2n) is 4.88. The number of fused-ring (bicyclic) bond motifs is 1. The average Bonchev–Trinajstić information content (AvgIpc) is 2.69. The Morgan fingerprint density at radius 3 is 2.84 bits per heavy atom. The van der Waals surface area contributed by atoms with Gasteiger partial charge in [0.15, 0.2) is 0 Å². The van der Waals surface area contributed by atoms with Crippen LogP contribution in [0.3, 0.4) is 0 Å². The number of unbranched alkanes of at least 4 members (excludes halogenated alkanes) is 1. The van der Waals surface area contributed by atoms with Crippen LogP contribution in [0.4, 0.5) is 11.4 Å². The maximum absolute atomic E-state index is 11.8. The Hall–Kier alpha value is -1.07. The summed E-state index contributed by atoms with van der Waals surface area (Å²) < 4.78 is 1.03. The minimum Gasteiger partial charge on any atom is -0.374 e. The molecular formula is C14H20BrN3O. The van der Waals surface area contributed by atoms with Gasteiger partial charge in [0.1, 0.15) is 6.04 Å². The lowest BCUT2D eigenvalue weighted by Gasteiger charge is -2.21. The zero-order valence-electron chi connectivity index (χ0n) is 11.6. The lowest BCUT2D eigenvalue weighted by molar-refractivity contribution is -0.117. The van der Waals surface area contributed by atoms with Gasteiger partial charge in [-0.05, 0) is 41.5 Å². The number of carbonyl (C=O) groups is 1. The van der Waals surface area contributed by atoms with Crippen molar-refractivity contribution in [2.75, 3.05) is 30.9 Å². The zero-order valence-corrected chi connectivity index (χ0v) is 13.2. The molecule has 1 unspecified atom stereocenters. The van der Waals surface area contributed by atoms with Crippen LogP contribution >= 0.6 is 15.9 Å². The third-order valence-corrected chi connectivity index (χ3v) is 4.13. The number of carbonyl (C=O) groups excluding carboxylic acids is 1. The van der Waals surface area contributed by atoms with Crippen LogP contribution in [0.1, 0.15) is 31.4 Å². The second kappa shape index (κ2) is 5.92. The SMILES string of the molecule is CCCCN(C)c1cc2c(cc1Br)C(NC)C(=O)N2. The van der Waals surface area contributed by atoms with Gasteiger partial charge in [-0.25, -0.2) is 0 Å². The number of halogens is 1. The largest absolute Gasteiger partial charge is 0.374 e. The standard InChI is InChI=1S/C14H20BrN3O/c1-4-5-6-18(3)12-8-11-9(7-10(12)15)13(16-2)14(19)17-11/h7-8,13,16H,4-6H2,1-3H3,(H,17,19). The van der Waals surface area contributed by atoms with E-state index in [0.29, 0.717) is 0 Å². The quantitative estimate of drug-likeness (QED) is 0.874. The molecule has 0 saturated heterocycles. The molecule has 0 aromatic heterocycles. The van der Waals surface area contributed by atoms with E-state index in [1.807, 2.05) is 12.1 Å². The monoisotopic (exact) mass is 325 g/mol. The molecule has 4 nitrogen and oxygen atoms in total. The fraction of sp³-hybridized carbons (Fsp3) is 0.500. The fourth-order valence-electron chi connectivity index (χ4n) is 2.37. The summed E-state index contributed by atoms with van der Waals surface area (Å²) in [5, 5.41) is 5.96. The third kappa shape index (κ3) is 2.77. The molecule has 19 heavy (non-hydrogen) atoms. The number of benzene rings is 1. The van der Waals surface area contributed by atoms with Crippen molar-refractivity contribution in [1.82, 2.24) is 5.32 Å². The highest BCUT2D eigenvalue weighted by Gasteiger charge is 2.30. The van der Waals surface area contributed by atoms with Gasteiger partial charge < -0.3 is 15.5 Å². The molecule has 0 spiro atoms. The summed E-state index contributed by atoms with van der Waals surface area (Å²) in [6.07, 6.45) is 2.33. The van der Waals surface area contributed by atoms with Crippen molar-refractivity contribution in [2.24, 2.45) is 0 Å². The Labute approximate surface area is 122 Å². The van der Waals surface area contributed by atoms with Crippen LogP contribution < -0.4 is 15.5 Å². The molecule has 104 valence electrons. The number of hydrogen-bond donors (Lipinski definition) is 2. The second-order valence-corrected chi connectivity index (χ2v) is 5.73. The summed E-state index contributed by atoms with van der Waals surface area (Å²) in [6.45, 7) is 3.20. The van der Waals surface area contributed by atoms with E-state index < -0.39 is 0 Å². The molecule has 0 fully saturated rings. The molecule has 1 amide bonds. The highest BCUT2D eigenvalue weighted by atomic mass is 79.9. The number of hydrogen-bond acceptors (Lipinski definition) is 3.